The zero-order valence-corrected chi connectivity index (χ0v) is 9.95. The third-order valence-corrected chi connectivity index (χ3v) is 3.47. The van der Waals surface area contributed by atoms with Gasteiger partial charge in [0.1, 0.15) is 0 Å². The maximum Gasteiger partial charge on any atom is 0.0319 e. The van der Waals surface area contributed by atoms with Crippen LogP contribution in [0.4, 0.5) is 5.69 Å². The minimum Gasteiger partial charge on any atom is -0.399 e. The first kappa shape index (κ1) is 10.4. The third kappa shape index (κ3) is 2.33. The van der Waals surface area contributed by atoms with Gasteiger partial charge in [-0.1, -0.05) is 30.3 Å². The molecule has 17 heavy (non-hydrogen) atoms. The average molecular weight is 223 g/mol. The van der Waals surface area contributed by atoms with Crippen LogP contribution in [0.3, 0.4) is 0 Å². The maximum absolute atomic E-state index is 5.95. The Morgan fingerprint density at radius 3 is 1.71 bits per heavy atom. The molecule has 0 fully saturated rings. The van der Waals surface area contributed by atoms with Gasteiger partial charge in [-0.15, -0.1) is 0 Å². The molecule has 4 bridgehead atoms. The van der Waals surface area contributed by atoms with E-state index >= 15 is 0 Å². The van der Waals surface area contributed by atoms with Crippen LogP contribution in [-0.2, 0) is 25.7 Å². The number of aryl methyl sites for hydroxylation is 4. The summed E-state index contributed by atoms with van der Waals surface area (Å²) in [5.41, 5.74) is 12.5. The van der Waals surface area contributed by atoms with Crippen molar-refractivity contribution in [2.45, 2.75) is 25.7 Å². The maximum atomic E-state index is 5.95. The predicted octanol–water partition coefficient (Wildman–Crippen LogP) is 3.15. The van der Waals surface area contributed by atoms with Crippen LogP contribution in [0.1, 0.15) is 22.3 Å². The van der Waals surface area contributed by atoms with Crippen LogP contribution in [0, 0.1) is 0 Å². The van der Waals surface area contributed by atoms with Crippen molar-refractivity contribution in [3.05, 3.63) is 64.7 Å². The second-order valence-electron chi connectivity index (χ2n) is 4.90. The van der Waals surface area contributed by atoms with Crippen LogP contribution in [-0.4, -0.2) is 0 Å². The van der Waals surface area contributed by atoms with Gasteiger partial charge in [0.15, 0.2) is 0 Å². The van der Waals surface area contributed by atoms with Crippen LogP contribution in [0.5, 0.6) is 0 Å². The van der Waals surface area contributed by atoms with Gasteiger partial charge in [0.05, 0.1) is 0 Å². The summed E-state index contributed by atoms with van der Waals surface area (Å²) < 4.78 is 0. The van der Waals surface area contributed by atoms with Crippen molar-refractivity contribution in [1.82, 2.24) is 0 Å². The number of rotatable bonds is 0. The molecule has 0 unspecified atom stereocenters. The Morgan fingerprint density at radius 2 is 1.12 bits per heavy atom. The highest BCUT2D eigenvalue weighted by molar-refractivity contribution is 5.45. The van der Waals surface area contributed by atoms with Crippen LogP contribution < -0.4 is 5.73 Å². The van der Waals surface area contributed by atoms with Crippen LogP contribution in [0.25, 0.3) is 0 Å². The Morgan fingerprint density at radius 1 is 0.647 bits per heavy atom. The van der Waals surface area contributed by atoms with Gasteiger partial charge < -0.3 is 5.73 Å². The van der Waals surface area contributed by atoms with E-state index < -0.39 is 0 Å². The van der Waals surface area contributed by atoms with Gasteiger partial charge in [-0.2, -0.15) is 0 Å². The molecular formula is C16H17N. The lowest BCUT2D eigenvalue weighted by atomic mass is 9.95. The van der Waals surface area contributed by atoms with Crippen molar-refractivity contribution in [3.8, 4) is 0 Å². The molecule has 2 aromatic carbocycles. The Balaban J connectivity index is 1.99. The largest absolute Gasteiger partial charge is 0.399 e. The fourth-order valence-electron chi connectivity index (χ4n) is 2.60. The Kier molecular flexibility index (Phi) is 2.60. The van der Waals surface area contributed by atoms with E-state index in [-0.39, 0.29) is 0 Å². The molecule has 3 rings (SSSR count). The van der Waals surface area contributed by atoms with Crippen molar-refractivity contribution in [2.24, 2.45) is 0 Å². The molecule has 0 amide bonds. The number of benzene rings is 2. The molecule has 0 spiro atoms. The van der Waals surface area contributed by atoms with E-state index in [0.29, 0.717) is 0 Å². The van der Waals surface area contributed by atoms with Crippen molar-refractivity contribution < 1.29 is 0 Å². The zero-order chi connectivity index (χ0) is 11.7. The van der Waals surface area contributed by atoms with Crippen molar-refractivity contribution in [2.75, 3.05) is 5.73 Å². The SMILES string of the molecule is Nc1cc2cc(c1)CCc1cccc(c1)CC2. The normalized spacial score (nSPS) is 14.4. The number of nitrogens with two attached hydrogens (primary N) is 1. The predicted molar refractivity (Wildman–Crippen MR) is 72.1 cm³/mol. The number of fused-ring (bicyclic) bond motifs is 4. The van der Waals surface area contributed by atoms with Gasteiger partial charge in [0.2, 0.25) is 0 Å². The lowest BCUT2D eigenvalue weighted by molar-refractivity contribution is 0.905. The van der Waals surface area contributed by atoms with Gasteiger partial charge in [-0.3, -0.25) is 0 Å². The van der Waals surface area contributed by atoms with Gasteiger partial charge in [-0.25, -0.2) is 0 Å². The molecule has 1 nitrogen and oxygen atoms in total. The van der Waals surface area contributed by atoms with E-state index in [0.717, 1.165) is 31.4 Å². The average Bonchev–Trinajstić information content (AvgIpc) is 2.33. The molecule has 1 aliphatic carbocycles. The van der Waals surface area contributed by atoms with E-state index in [1.807, 2.05) is 0 Å². The molecule has 0 saturated carbocycles. The quantitative estimate of drug-likeness (QED) is 0.682. The third-order valence-electron chi connectivity index (χ3n) is 3.47. The van der Waals surface area contributed by atoms with Gasteiger partial charge in [-0.05, 0) is 60.1 Å². The molecule has 2 N–H and O–H groups in total. The second-order valence-corrected chi connectivity index (χ2v) is 4.90. The van der Waals surface area contributed by atoms with Crippen LogP contribution in [0.15, 0.2) is 42.5 Å². The molecule has 0 aliphatic heterocycles. The molecule has 1 aliphatic rings. The monoisotopic (exact) mass is 223 g/mol. The summed E-state index contributed by atoms with van der Waals surface area (Å²) in [6, 6.07) is 15.5. The number of hydrogen-bond acceptors (Lipinski definition) is 1. The molecule has 0 atom stereocenters. The number of nitrogen functional groups attached to an aromatic ring is 1. The zero-order valence-electron chi connectivity index (χ0n) is 9.95. The molecule has 2 aromatic rings. The molecular weight excluding hydrogens is 206 g/mol. The smallest absolute Gasteiger partial charge is 0.0319 e. The van der Waals surface area contributed by atoms with Crippen molar-refractivity contribution in [1.29, 1.82) is 0 Å². The Labute approximate surface area is 102 Å². The summed E-state index contributed by atoms with van der Waals surface area (Å²) in [7, 11) is 0. The van der Waals surface area contributed by atoms with E-state index in [2.05, 4.69) is 42.5 Å². The van der Waals surface area contributed by atoms with Crippen molar-refractivity contribution in [3.63, 3.8) is 0 Å². The summed E-state index contributed by atoms with van der Waals surface area (Å²) in [5, 5.41) is 0. The highest BCUT2D eigenvalue weighted by atomic mass is 14.5. The lowest BCUT2D eigenvalue weighted by Crippen LogP contribution is -2.01. The summed E-state index contributed by atoms with van der Waals surface area (Å²) in [5.74, 6) is 0. The topological polar surface area (TPSA) is 26.0 Å². The van der Waals surface area contributed by atoms with E-state index in [9.17, 15) is 0 Å². The molecule has 0 radical (unpaired) electrons. The molecule has 1 heteroatoms. The standard InChI is InChI=1S/C16H17N/c17-16-10-14-6-4-12-2-1-3-13(8-12)5-7-15(9-14)11-16/h1-3,8-11H,4-7,17H2. The number of hydrogen-bond donors (Lipinski definition) is 1. The highest BCUT2D eigenvalue weighted by Crippen LogP contribution is 2.19. The fraction of sp³-hybridized carbons (Fsp3) is 0.250. The highest BCUT2D eigenvalue weighted by Gasteiger charge is 2.05. The van der Waals surface area contributed by atoms with E-state index in [4.69, 9.17) is 5.73 Å². The molecule has 0 aromatic heterocycles. The van der Waals surface area contributed by atoms with E-state index in [1.165, 1.54) is 22.3 Å². The first-order valence-electron chi connectivity index (χ1n) is 6.26. The van der Waals surface area contributed by atoms with Gasteiger partial charge >= 0.3 is 0 Å². The molecule has 0 heterocycles. The summed E-state index contributed by atoms with van der Waals surface area (Å²) in [4.78, 5) is 0. The van der Waals surface area contributed by atoms with Crippen LogP contribution >= 0.6 is 0 Å². The fourth-order valence-corrected chi connectivity index (χ4v) is 2.60. The summed E-state index contributed by atoms with van der Waals surface area (Å²) >= 11 is 0. The lowest BCUT2D eigenvalue weighted by Gasteiger charge is -2.12. The number of anilines is 1. The first-order chi connectivity index (χ1) is 8.29. The van der Waals surface area contributed by atoms with E-state index in [1.54, 1.807) is 0 Å². The minimum absolute atomic E-state index is 0.904. The summed E-state index contributed by atoms with van der Waals surface area (Å²) in [6.45, 7) is 0. The molecule has 0 saturated heterocycles. The second kappa shape index (κ2) is 4.25. The van der Waals surface area contributed by atoms with Gasteiger partial charge in [0, 0.05) is 5.69 Å². The molecule has 86 valence electrons. The summed E-state index contributed by atoms with van der Waals surface area (Å²) in [6.07, 6.45) is 4.39. The first-order valence-corrected chi connectivity index (χ1v) is 6.26. The Hall–Kier alpha value is -1.76. The van der Waals surface area contributed by atoms with Crippen LogP contribution in [0.2, 0.25) is 0 Å². The minimum atomic E-state index is 0.904. The Bertz CT molecular complexity index is 501. The van der Waals surface area contributed by atoms with Gasteiger partial charge in [0.25, 0.3) is 0 Å². The van der Waals surface area contributed by atoms with Crippen molar-refractivity contribution >= 4 is 5.69 Å².